The smallest absolute Gasteiger partial charge is 0.144 e. The molecular weight excluding hydrogens is 226 g/mol. The Morgan fingerprint density at radius 2 is 2.20 bits per heavy atom. The largest absolute Gasteiger partial charge is 0.234 e. The van der Waals surface area contributed by atoms with Crippen LogP contribution in [0.2, 0.25) is 0 Å². The Balaban J connectivity index is 2.65. The van der Waals surface area contributed by atoms with Crippen LogP contribution in [0.15, 0.2) is 21.2 Å². The zero-order valence-corrected chi connectivity index (χ0v) is 11.2. The zero-order chi connectivity index (χ0) is 11.5. The minimum absolute atomic E-state index is 0.268. The van der Waals surface area contributed by atoms with E-state index in [1.807, 2.05) is 33.1 Å². The summed E-state index contributed by atoms with van der Waals surface area (Å²) in [4.78, 5) is 0. The van der Waals surface area contributed by atoms with E-state index in [4.69, 9.17) is 0 Å². The summed E-state index contributed by atoms with van der Waals surface area (Å²) in [6, 6.07) is 2.07. The molecule has 4 heteroatoms. The van der Waals surface area contributed by atoms with E-state index in [0.29, 0.717) is 0 Å². The van der Waals surface area contributed by atoms with Crippen LogP contribution in [0.5, 0.6) is 0 Å². The molecule has 0 aromatic carbocycles. The lowest BCUT2D eigenvalue weighted by atomic mass is 10.2. The molecule has 1 aromatic rings. The van der Waals surface area contributed by atoms with Gasteiger partial charge >= 0.3 is 0 Å². The quantitative estimate of drug-likeness (QED) is 0.750. The molecule has 0 bridgehead atoms. The maximum absolute atomic E-state index is 11.7. The van der Waals surface area contributed by atoms with E-state index in [0.717, 1.165) is 12.1 Å². The number of rotatable bonds is 3. The first-order valence-electron chi connectivity index (χ1n) is 4.87. The summed E-state index contributed by atoms with van der Waals surface area (Å²) >= 11 is 1.68. The van der Waals surface area contributed by atoms with Crippen molar-refractivity contribution in [2.24, 2.45) is 4.40 Å². The monoisotopic (exact) mass is 243 g/mol. The highest BCUT2D eigenvalue weighted by molar-refractivity contribution is 7.85. The Labute approximate surface area is 98.0 Å². The summed E-state index contributed by atoms with van der Waals surface area (Å²) in [5.74, 6) is 0. The van der Waals surface area contributed by atoms with Crippen molar-refractivity contribution < 1.29 is 4.21 Å². The Kier molecular flexibility index (Phi) is 4.22. The molecule has 0 saturated heterocycles. The van der Waals surface area contributed by atoms with E-state index in [9.17, 15) is 4.21 Å². The fraction of sp³-hybridized carbons (Fsp3) is 0.545. The lowest BCUT2D eigenvalue weighted by Gasteiger charge is -2.13. The van der Waals surface area contributed by atoms with Crippen LogP contribution in [0.4, 0.5) is 0 Å². The van der Waals surface area contributed by atoms with E-state index < -0.39 is 11.0 Å². The van der Waals surface area contributed by atoms with Gasteiger partial charge in [0.1, 0.15) is 11.0 Å². The van der Waals surface area contributed by atoms with Gasteiger partial charge in [0.2, 0.25) is 0 Å². The van der Waals surface area contributed by atoms with Crippen molar-refractivity contribution in [3.05, 3.63) is 22.4 Å². The molecule has 1 atom stereocenters. The summed E-state index contributed by atoms with van der Waals surface area (Å²) in [5, 5.41) is 4.14. The molecule has 0 aliphatic heterocycles. The van der Waals surface area contributed by atoms with Crippen molar-refractivity contribution in [3.8, 4) is 0 Å². The summed E-state index contributed by atoms with van der Waals surface area (Å²) in [5.41, 5.74) is 2.17. The van der Waals surface area contributed by atoms with E-state index in [-0.39, 0.29) is 4.75 Å². The van der Waals surface area contributed by atoms with Gasteiger partial charge in [0, 0.05) is 12.1 Å². The van der Waals surface area contributed by atoms with Crippen LogP contribution < -0.4 is 0 Å². The minimum Gasteiger partial charge on any atom is -0.234 e. The third kappa shape index (κ3) is 4.26. The summed E-state index contributed by atoms with van der Waals surface area (Å²) in [6.45, 7) is 7.74. The molecule has 15 heavy (non-hydrogen) atoms. The van der Waals surface area contributed by atoms with Crippen LogP contribution >= 0.6 is 11.3 Å². The maximum atomic E-state index is 11.7. The van der Waals surface area contributed by atoms with Gasteiger partial charge in [-0.25, -0.2) is 4.21 Å². The number of hydrogen-bond acceptors (Lipinski definition) is 2. The Bertz CT molecular complexity index is 360. The number of nitrogens with zero attached hydrogens (tertiary/aromatic N) is 1. The first-order chi connectivity index (χ1) is 6.89. The highest BCUT2D eigenvalue weighted by Gasteiger charge is 2.18. The van der Waals surface area contributed by atoms with Crippen molar-refractivity contribution in [1.29, 1.82) is 0 Å². The molecule has 0 spiro atoms. The predicted molar refractivity (Wildman–Crippen MR) is 69.0 cm³/mol. The van der Waals surface area contributed by atoms with Crippen LogP contribution in [-0.2, 0) is 17.4 Å². The molecule has 1 rings (SSSR count). The SMILES string of the molecule is CC(Cc1ccsc1)=NS(=O)C(C)(C)C. The van der Waals surface area contributed by atoms with E-state index in [2.05, 4.69) is 15.8 Å². The van der Waals surface area contributed by atoms with E-state index in [1.54, 1.807) is 11.3 Å². The highest BCUT2D eigenvalue weighted by Crippen LogP contribution is 2.14. The molecule has 1 unspecified atom stereocenters. The van der Waals surface area contributed by atoms with Crippen LogP contribution in [0, 0.1) is 0 Å². The normalized spacial score (nSPS) is 15.3. The van der Waals surface area contributed by atoms with Crippen molar-refractivity contribution in [3.63, 3.8) is 0 Å². The summed E-state index contributed by atoms with van der Waals surface area (Å²) in [6.07, 6.45) is 0.797. The average Bonchev–Trinajstić information content (AvgIpc) is 2.54. The van der Waals surface area contributed by atoms with Gasteiger partial charge in [0.25, 0.3) is 0 Å². The fourth-order valence-corrected chi connectivity index (χ4v) is 2.29. The molecule has 0 N–H and O–H groups in total. The second-order valence-electron chi connectivity index (χ2n) is 4.50. The lowest BCUT2D eigenvalue weighted by Crippen LogP contribution is -2.20. The summed E-state index contributed by atoms with van der Waals surface area (Å²) < 4.78 is 15.7. The molecular formula is C11H17NOS2. The van der Waals surface area contributed by atoms with Gasteiger partial charge in [-0.2, -0.15) is 15.7 Å². The highest BCUT2D eigenvalue weighted by atomic mass is 32.2. The van der Waals surface area contributed by atoms with E-state index >= 15 is 0 Å². The fourth-order valence-electron chi connectivity index (χ4n) is 0.999. The number of hydrogen-bond donors (Lipinski definition) is 0. The molecule has 0 saturated carbocycles. The topological polar surface area (TPSA) is 29.4 Å². The van der Waals surface area contributed by atoms with Gasteiger partial charge in [-0.05, 0) is 50.1 Å². The van der Waals surface area contributed by atoms with Crippen molar-refractivity contribution in [2.75, 3.05) is 0 Å². The standard InChI is InChI=1S/C11H17NOS2/c1-9(7-10-5-6-14-8-10)12-15(13)11(2,3)4/h5-6,8H,7H2,1-4H3. The second kappa shape index (κ2) is 5.03. The average molecular weight is 243 g/mol. The molecule has 0 amide bonds. The van der Waals surface area contributed by atoms with Crippen molar-refractivity contribution in [1.82, 2.24) is 0 Å². The summed E-state index contributed by atoms with van der Waals surface area (Å²) in [7, 11) is -1.14. The van der Waals surface area contributed by atoms with Gasteiger partial charge < -0.3 is 0 Å². The third-order valence-electron chi connectivity index (χ3n) is 1.80. The molecule has 1 heterocycles. The van der Waals surface area contributed by atoms with Crippen LogP contribution in [0.3, 0.4) is 0 Å². The minimum atomic E-state index is -1.14. The molecule has 2 nitrogen and oxygen atoms in total. The van der Waals surface area contributed by atoms with Gasteiger partial charge in [-0.15, -0.1) is 0 Å². The molecule has 0 aliphatic rings. The van der Waals surface area contributed by atoms with E-state index in [1.165, 1.54) is 5.56 Å². The van der Waals surface area contributed by atoms with Crippen molar-refractivity contribution in [2.45, 2.75) is 38.9 Å². The van der Waals surface area contributed by atoms with Gasteiger partial charge in [0.05, 0.1) is 4.75 Å². The first-order valence-corrected chi connectivity index (χ1v) is 6.92. The predicted octanol–water partition coefficient (Wildman–Crippen LogP) is 3.21. The lowest BCUT2D eigenvalue weighted by molar-refractivity contribution is 0.650. The van der Waals surface area contributed by atoms with Gasteiger partial charge in [-0.1, -0.05) is 0 Å². The Hall–Kier alpha value is -0.480. The second-order valence-corrected chi connectivity index (χ2v) is 7.18. The van der Waals surface area contributed by atoms with Gasteiger partial charge in [0.15, 0.2) is 0 Å². The first kappa shape index (κ1) is 12.6. The van der Waals surface area contributed by atoms with Gasteiger partial charge in [-0.3, -0.25) is 0 Å². The zero-order valence-electron chi connectivity index (χ0n) is 9.61. The van der Waals surface area contributed by atoms with Crippen LogP contribution in [-0.4, -0.2) is 14.7 Å². The maximum Gasteiger partial charge on any atom is 0.144 e. The Morgan fingerprint density at radius 1 is 1.53 bits per heavy atom. The number of thiophene rings is 1. The van der Waals surface area contributed by atoms with Crippen LogP contribution in [0.1, 0.15) is 33.3 Å². The molecule has 1 aromatic heterocycles. The van der Waals surface area contributed by atoms with Crippen LogP contribution in [0.25, 0.3) is 0 Å². The third-order valence-corrected chi connectivity index (χ3v) is 4.06. The van der Waals surface area contributed by atoms with Crippen molar-refractivity contribution >= 4 is 28.0 Å². The Morgan fingerprint density at radius 3 is 2.67 bits per heavy atom. The molecule has 0 fully saturated rings. The molecule has 0 aliphatic carbocycles. The molecule has 84 valence electrons. The molecule has 0 radical (unpaired) electrons.